The summed E-state index contributed by atoms with van der Waals surface area (Å²) in [5.74, 6) is 2.89. The highest BCUT2D eigenvalue weighted by atomic mass is 79.9. The van der Waals surface area contributed by atoms with Crippen molar-refractivity contribution in [3.63, 3.8) is 0 Å². The molecule has 0 fully saturated rings. The molecule has 0 radical (unpaired) electrons. The molecule has 4 N–H and O–H groups in total. The number of nitrogens with two attached hydrogens (primary N) is 1. The summed E-state index contributed by atoms with van der Waals surface area (Å²) in [5, 5.41) is 5.96. The second-order valence-corrected chi connectivity index (χ2v) is 7.67. The molecule has 8 heteroatoms. The van der Waals surface area contributed by atoms with E-state index in [4.69, 9.17) is 16.9 Å². The van der Waals surface area contributed by atoms with Crippen LogP contribution in [-0.4, -0.2) is 22.5 Å². The first-order valence-electron chi connectivity index (χ1n) is 9.52. The average molecular weight is 480 g/mol. The van der Waals surface area contributed by atoms with Crippen LogP contribution in [0.3, 0.4) is 0 Å². The Hall–Kier alpha value is -3.41. The van der Waals surface area contributed by atoms with E-state index < -0.39 is 0 Å². The second kappa shape index (κ2) is 10.6. The molecule has 0 saturated carbocycles. The minimum atomic E-state index is -0.375. The Balaban J connectivity index is 1.63. The monoisotopic (exact) mass is 479 g/mol. The third kappa shape index (κ3) is 6.54. The Kier molecular flexibility index (Phi) is 7.60. The van der Waals surface area contributed by atoms with E-state index in [2.05, 4.69) is 42.5 Å². The molecule has 0 spiro atoms. The van der Waals surface area contributed by atoms with E-state index in [0.29, 0.717) is 27.7 Å². The van der Waals surface area contributed by atoms with Gasteiger partial charge in [-0.05, 0) is 46.6 Å². The number of ether oxygens (including phenoxy) is 1. The number of anilines is 3. The summed E-state index contributed by atoms with van der Waals surface area (Å²) < 4.78 is 5.97. The fourth-order valence-corrected chi connectivity index (χ4v) is 3.08. The SMILES string of the molecule is C#CCOc1nc(Nc2cccc(NC(=O)CC(N)c3ccc(C)cc3)c2)ncc1Br. The molecule has 1 unspecified atom stereocenters. The van der Waals surface area contributed by atoms with Crippen LogP contribution in [0.15, 0.2) is 59.2 Å². The maximum absolute atomic E-state index is 12.4. The predicted octanol–water partition coefficient (Wildman–Crippen LogP) is 4.33. The van der Waals surface area contributed by atoms with Crippen LogP contribution in [0.5, 0.6) is 5.88 Å². The number of hydrogen-bond donors (Lipinski definition) is 3. The van der Waals surface area contributed by atoms with Crippen molar-refractivity contribution in [2.45, 2.75) is 19.4 Å². The van der Waals surface area contributed by atoms with Gasteiger partial charge in [0.2, 0.25) is 17.7 Å². The van der Waals surface area contributed by atoms with Crippen LogP contribution in [0, 0.1) is 19.3 Å². The quantitative estimate of drug-likeness (QED) is 0.415. The van der Waals surface area contributed by atoms with Gasteiger partial charge in [0.25, 0.3) is 0 Å². The van der Waals surface area contributed by atoms with Gasteiger partial charge in [-0.1, -0.05) is 41.8 Å². The number of aromatic nitrogens is 2. The van der Waals surface area contributed by atoms with Crippen LogP contribution in [0.2, 0.25) is 0 Å². The van der Waals surface area contributed by atoms with Gasteiger partial charge in [0, 0.05) is 23.8 Å². The molecular formula is C23H22BrN5O2. The molecule has 3 rings (SSSR count). The van der Waals surface area contributed by atoms with Crippen molar-refractivity contribution in [2.75, 3.05) is 17.2 Å². The number of hydrogen-bond acceptors (Lipinski definition) is 6. The lowest BCUT2D eigenvalue weighted by molar-refractivity contribution is -0.116. The van der Waals surface area contributed by atoms with Gasteiger partial charge in [-0.3, -0.25) is 4.79 Å². The molecular weight excluding hydrogens is 458 g/mol. The molecule has 1 aromatic heterocycles. The van der Waals surface area contributed by atoms with Crippen molar-refractivity contribution in [1.82, 2.24) is 9.97 Å². The molecule has 0 aliphatic heterocycles. The van der Waals surface area contributed by atoms with Gasteiger partial charge in [-0.15, -0.1) is 6.42 Å². The zero-order chi connectivity index (χ0) is 22.2. The van der Waals surface area contributed by atoms with Gasteiger partial charge >= 0.3 is 0 Å². The fraction of sp³-hybridized carbons (Fsp3) is 0.174. The molecule has 31 heavy (non-hydrogen) atoms. The van der Waals surface area contributed by atoms with Gasteiger partial charge in [-0.25, -0.2) is 4.98 Å². The molecule has 1 heterocycles. The number of nitrogens with zero attached hydrogens (tertiary/aromatic N) is 2. The van der Waals surface area contributed by atoms with Crippen LogP contribution in [0.1, 0.15) is 23.6 Å². The second-order valence-electron chi connectivity index (χ2n) is 6.81. The highest BCUT2D eigenvalue weighted by Crippen LogP contribution is 2.25. The van der Waals surface area contributed by atoms with E-state index in [1.54, 1.807) is 18.3 Å². The molecule has 158 valence electrons. The number of carbonyl (C=O) groups excluding carboxylic acids is 1. The van der Waals surface area contributed by atoms with E-state index in [1.807, 2.05) is 43.3 Å². The van der Waals surface area contributed by atoms with Crippen molar-refractivity contribution in [2.24, 2.45) is 5.73 Å². The Morgan fingerprint density at radius 1 is 1.26 bits per heavy atom. The fourth-order valence-electron chi connectivity index (χ4n) is 2.77. The number of benzene rings is 2. The van der Waals surface area contributed by atoms with E-state index in [0.717, 1.165) is 11.1 Å². The maximum Gasteiger partial charge on any atom is 0.233 e. The first-order valence-corrected chi connectivity index (χ1v) is 10.3. The van der Waals surface area contributed by atoms with E-state index in [1.165, 1.54) is 0 Å². The molecule has 0 saturated heterocycles. The number of amides is 1. The minimum Gasteiger partial charge on any atom is -0.464 e. The zero-order valence-corrected chi connectivity index (χ0v) is 18.5. The summed E-state index contributed by atoms with van der Waals surface area (Å²) in [7, 11) is 0. The highest BCUT2D eigenvalue weighted by molar-refractivity contribution is 9.10. The van der Waals surface area contributed by atoms with Crippen molar-refractivity contribution >= 4 is 39.2 Å². The number of nitrogens with one attached hydrogen (secondary N) is 2. The Morgan fingerprint density at radius 3 is 2.74 bits per heavy atom. The summed E-state index contributed by atoms with van der Waals surface area (Å²) in [6, 6.07) is 14.7. The summed E-state index contributed by atoms with van der Waals surface area (Å²) in [5.41, 5.74) is 9.58. The molecule has 3 aromatic rings. The van der Waals surface area contributed by atoms with Crippen LogP contribution in [0.4, 0.5) is 17.3 Å². The Labute approximate surface area is 189 Å². The number of aryl methyl sites for hydroxylation is 1. The van der Waals surface area contributed by atoms with Crippen molar-refractivity contribution in [1.29, 1.82) is 0 Å². The lowest BCUT2D eigenvalue weighted by atomic mass is 10.0. The van der Waals surface area contributed by atoms with Gasteiger partial charge < -0.3 is 21.1 Å². The normalized spacial score (nSPS) is 11.3. The number of terminal acetylenes is 1. The topological polar surface area (TPSA) is 102 Å². The lowest BCUT2D eigenvalue weighted by Gasteiger charge is -2.13. The molecule has 1 atom stereocenters. The summed E-state index contributed by atoms with van der Waals surface area (Å²) in [6.07, 6.45) is 6.96. The van der Waals surface area contributed by atoms with Gasteiger partial charge in [0.05, 0.1) is 10.7 Å². The van der Waals surface area contributed by atoms with Crippen LogP contribution in [-0.2, 0) is 4.79 Å². The first-order chi connectivity index (χ1) is 14.9. The Morgan fingerprint density at radius 2 is 2.00 bits per heavy atom. The predicted molar refractivity (Wildman–Crippen MR) is 125 cm³/mol. The van der Waals surface area contributed by atoms with E-state index >= 15 is 0 Å². The van der Waals surface area contributed by atoms with Gasteiger partial charge in [-0.2, -0.15) is 4.98 Å². The van der Waals surface area contributed by atoms with Crippen LogP contribution in [0.25, 0.3) is 0 Å². The largest absolute Gasteiger partial charge is 0.464 e. The third-order valence-corrected chi connectivity index (χ3v) is 4.86. The molecule has 0 aliphatic carbocycles. The third-order valence-electron chi connectivity index (χ3n) is 4.32. The molecule has 1 amide bonds. The maximum atomic E-state index is 12.4. The zero-order valence-electron chi connectivity index (χ0n) is 16.9. The summed E-state index contributed by atoms with van der Waals surface area (Å²) in [4.78, 5) is 20.9. The molecule has 7 nitrogen and oxygen atoms in total. The van der Waals surface area contributed by atoms with E-state index in [9.17, 15) is 4.79 Å². The molecule has 2 aromatic carbocycles. The number of halogens is 1. The molecule has 0 aliphatic rings. The highest BCUT2D eigenvalue weighted by Gasteiger charge is 2.12. The van der Waals surface area contributed by atoms with Crippen molar-refractivity contribution in [3.8, 4) is 18.2 Å². The number of rotatable bonds is 8. The van der Waals surface area contributed by atoms with E-state index in [-0.39, 0.29) is 25.0 Å². The van der Waals surface area contributed by atoms with Gasteiger partial charge in [0.1, 0.15) is 0 Å². The van der Waals surface area contributed by atoms with Crippen LogP contribution >= 0.6 is 15.9 Å². The first kappa shape index (κ1) is 22.3. The average Bonchev–Trinajstić information content (AvgIpc) is 2.74. The van der Waals surface area contributed by atoms with Crippen LogP contribution < -0.4 is 21.1 Å². The van der Waals surface area contributed by atoms with Gasteiger partial charge in [0.15, 0.2) is 6.61 Å². The standard InChI is InChI=1S/C23H22BrN5O2/c1-3-11-31-22-19(24)14-26-23(29-22)28-18-6-4-5-17(12-18)27-21(30)13-20(25)16-9-7-15(2)8-10-16/h1,4-10,12,14,20H,11,13,25H2,2H3,(H,27,30)(H,26,28,29). The Bertz CT molecular complexity index is 1100. The number of carbonyl (C=O) groups is 1. The van der Waals surface area contributed by atoms with Crippen molar-refractivity contribution in [3.05, 3.63) is 70.3 Å². The summed E-state index contributed by atoms with van der Waals surface area (Å²) in [6.45, 7) is 2.11. The van der Waals surface area contributed by atoms with Crippen molar-refractivity contribution < 1.29 is 9.53 Å². The smallest absolute Gasteiger partial charge is 0.233 e. The lowest BCUT2D eigenvalue weighted by Crippen LogP contribution is -2.20. The molecule has 0 bridgehead atoms. The minimum absolute atomic E-state index is 0.0985. The summed E-state index contributed by atoms with van der Waals surface area (Å²) >= 11 is 3.32.